The van der Waals surface area contributed by atoms with Crippen LogP contribution in [0.3, 0.4) is 0 Å². The van der Waals surface area contributed by atoms with Gasteiger partial charge < -0.3 is 14.2 Å². The number of nitriles is 1. The second-order valence-corrected chi connectivity index (χ2v) is 10.4. The zero-order chi connectivity index (χ0) is 28.5. The molecule has 1 amide bonds. The molecule has 2 atom stereocenters. The zero-order valence-corrected chi connectivity index (χ0v) is 22.7. The van der Waals surface area contributed by atoms with E-state index in [1.165, 1.54) is 43.1 Å². The van der Waals surface area contributed by atoms with Gasteiger partial charge in [0.1, 0.15) is 23.0 Å². The average Bonchev–Trinajstić information content (AvgIpc) is 3.59. The van der Waals surface area contributed by atoms with E-state index in [9.17, 15) is 10.1 Å². The number of hydrogen-bond donors (Lipinski definition) is 1. The molecular formula is C28H22FN7O4S. The maximum atomic E-state index is 15.2. The van der Waals surface area contributed by atoms with Gasteiger partial charge in [-0.05, 0) is 38.3 Å². The van der Waals surface area contributed by atoms with E-state index in [1.807, 2.05) is 0 Å². The highest BCUT2D eigenvalue weighted by Gasteiger charge is 2.33. The van der Waals surface area contributed by atoms with Crippen LogP contribution in [0.1, 0.15) is 30.7 Å². The smallest absolute Gasteiger partial charge is 0.412 e. The number of carbonyl (C=O) groups excluding carboxylic acids is 1. The van der Waals surface area contributed by atoms with Crippen molar-refractivity contribution in [3.63, 3.8) is 0 Å². The van der Waals surface area contributed by atoms with E-state index in [-0.39, 0.29) is 5.75 Å². The quantitative estimate of drug-likeness (QED) is 0.274. The van der Waals surface area contributed by atoms with Crippen LogP contribution in [0.25, 0.3) is 31.8 Å². The Kier molecular flexibility index (Phi) is 6.98. The van der Waals surface area contributed by atoms with Crippen molar-refractivity contribution >= 4 is 44.4 Å². The number of halogens is 1. The molecule has 206 valence electrons. The Morgan fingerprint density at radius 2 is 1.88 bits per heavy atom. The maximum absolute atomic E-state index is 15.2. The van der Waals surface area contributed by atoms with Crippen LogP contribution in [-0.4, -0.2) is 50.3 Å². The summed E-state index contributed by atoms with van der Waals surface area (Å²) in [5.41, 5.74) is 2.86. The summed E-state index contributed by atoms with van der Waals surface area (Å²) in [5, 5.41) is 12.7. The number of methoxy groups -OCH3 is 1. The van der Waals surface area contributed by atoms with E-state index < -0.39 is 24.1 Å². The molecular weight excluding hydrogens is 549 g/mol. The number of thiazole rings is 1. The molecule has 0 spiro atoms. The summed E-state index contributed by atoms with van der Waals surface area (Å²) < 4.78 is 32.6. The lowest BCUT2D eigenvalue weighted by Crippen LogP contribution is -2.32. The van der Waals surface area contributed by atoms with Crippen LogP contribution in [-0.2, 0) is 4.74 Å². The number of nitrogens with zero attached hydrogens (tertiary/aromatic N) is 6. The molecule has 0 bridgehead atoms. The van der Waals surface area contributed by atoms with E-state index in [4.69, 9.17) is 14.2 Å². The van der Waals surface area contributed by atoms with E-state index in [0.29, 0.717) is 67.6 Å². The predicted molar refractivity (Wildman–Crippen MR) is 148 cm³/mol. The van der Waals surface area contributed by atoms with Crippen molar-refractivity contribution < 1.29 is 23.4 Å². The number of fused-ring (bicyclic) bond motifs is 2. The van der Waals surface area contributed by atoms with Gasteiger partial charge in [0, 0.05) is 17.7 Å². The molecule has 0 saturated heterocycles. The first kappa shape index (κ1) is 26.3. The van der Waals surface area contributed by atoms with Crippen molar-refractivity contribution in [2.45, 2.75) is 38.4 Å². The summed E-state index contributed by atoms with van der Waals surface area (Å²) in [5.74, 6) is 0.364. The molecule has 5 aromatic rings. The van der Waals surface area contributed by atoms with E-state index in [0.717, 1.165) is 6.42 Å². The Hall–Kier alpha value is -4.96. The second kappa shape index (κ2) is 10.9. The van der Waals surface area contributed by atoms with E-state index >= 15 is 4.39 Å². The highest BCUT2D eigenvalue weighted by molar-refractivity contribution is 7.21. The number of amides is 1. The molecule has 6 rings (SSSR count). The third kappa shape index (κ3) is 5.42. The highest BCUT2D eigenvalue weighted by atomic mass is 32.1. The molecule has 1 saturated carbocycles. The van der Waals surface area contributed by atoms with Gasteiger partial charge in [0.15, 0.2) is 11.6 Å². The molecule has 3 heterocycles. The van der Waals surface area contributed by atoms with Crippen LogP contribution >= 0.6 is 11.3 Å². The Bertz CT molecular complexity index is 1820. The number of aryl methyl sites for hydroxylation is 1. The van der Waals surface area contributed by atoms with Gasteiger partial charge in [0.2, 0.25) is 5.88 Å². The van der Waals surface area contributed by atoms with Crippen molar-refractivity contribution in [1.29, 1.82) is 5.26 Å². The van der Waals surface area contributed by atoms with Crippen LogP contribution in [0.4, 0.5) is 14.9 Å². The highest BCUT2D eigenvalue weighted by Crippen LogP contribution is 2.38. The van der Waals surface area contributed by atoms with Crippen LogP contribution < -0.4 is 14.8 Å². The number of benzene rings is 2. The average molecular weight is 572 g/mol. The van der Waals surface area contributed by atoms with Crippen LogP contribution in [0.15, 0.2) is 42.9 Å². The number of nitrogens with one attached hydrogen (secondary N) is 1. The normalized spacial score (nSPS) is 16.4. The lowest BCUT2D eigenvalue weighted by molar-refractivity contribution is 0.0400. The van der Waals surface area contributed by atoms with Crippen molar-refractivity contribution in [2.24, 2.45) is 0 Å². The molecule has 1 N–H and O–H groups in total. The first-order chi connectivity index (χ1) is 19.9. The fraction of sp³-hybridized carbons (Fsp3) is 0.250. The van der Waals surface area contributed by atoms with Gasteiger partial charge in [-0.2, -0.15) is 5.26 Å². The molecule has 1 fully saturated rings. The Balaban J connectivity index is 1.24. The largest absolute Gasteiger partial charge is 0.483 e. The molecule has 11 nitrogen and oxygen atoms in total. The summed E-state index contributed by atoms with van der Waals surface area (Å²) >= 11 is 1.32. The van der Waals surface area contributed by atoms with Gasteiger partial charge in [0.05, 0.1) is 64.3 Å². The number of anilines is 1. The number of carbonyl (C=O) groups is 1. The molecule has 1 aliphatic carbocycles. The molecule has 3 aromatic heterocycles. The Labute approximate surface area is 237 Å². The summed E-state index contributed by atoms with van der Waals surface area (Å²) in [6.07, 6.45) is 4.70. The first-order valence-corrected chi connectivity index (χ1v) is 13.5. The third-order valence-corrected chi connectivity index (χ3v) is 7.64. The molecule has 13 heteroatoms. The number of rotatable bonds is 6. The fourth-order valence-corrected chi connectivity index (χ4v) is 5.63. The zero-order valence-electron chi connectivity index (χ0n) is 21.9. The molecule has 41 heavy (non-hydrogen) atoms. The lowest BCUT2D eigenvalue weighted by atomic mass is 10.1. The minimum atomic E-state index is -0.659. The van der Waals surface area contributed by atoms with Crippen LogP contribution in [0, 0.1) is 24.1 Å². The Morgan fingerprint density at radius 3 is 2.66 bits per heavy atom. The van der Waals surface area contributed by atoms with Gasteiger partial charge in [-0.25, -0.2) is 34.1 Å². The van der Waals surface area contributed by atoms with Crippen LogP contribution in [0.5, 0.6) is 11.6 Å². The van der Waals surface area contributed by atoms with Crippen molar-refractivity contribution in [3.8, 4) is 28.3 Å². The van der Waals surface area contributed by atoms with Gasteiger partial charge >= 0.3 is 6.09 Å². The summed E-state index contributed by atoms with van der Waals surface area (Å²) in [6, 6.07) is 8.35. The molecule has 0 aliphatic heterocycles. The maximum Gasteiger partial charge on any atom is 0.412 e. The minimum absolute atomic E-state index is 0.0423. The third-order valence-electron chi connectivity index (χ3n) is 6.59. The SMILES string of the molecule is COc1cnc2c(-c3nc4cc(F)c(O[C@@H]5CCC[C@@H]5OC(=O)Nc5cnc(C)nc5)cc4s3)cc(C#N)cc2n1. The second-order valence-electron chi connectivity index (χ2n) is 9.36. The van der Waals surface area contributed by atoms with Gasteiger partial charge in [-0.15, -0.1) is 11.3 Å². The summed E-state index contributed by atoms with van der Waals surface area (Å²) in [6.45, 7) is 1.74. The Morgan fingerprint density at radius 1 is 1.07 bits per heavy atom. The number of hydrogen-bond acceptors (Lipinski definition) is 11. The minimum Gasteiger partial charge on any atom is -0.483 e. The van der Waals surface area contributed by atoms with Gasteiger partial charge in [-0.3, -0.25) is 5.32 Å². The van der Waals surface area contributed by atoms with Crippen molar-refractivity contribution in [1.82, 2.24) is 24.9 Å². The molecule has 2 aromatic carbocycles. The van der Waals surface area contributed by atoms with Crippen molar-refractivity contribution in [3.05, 3.63) is 60.1 Å². The predicted octanol–water partition coefficient (Wildman–Crippen LogP) is 5.57. The number of aromatic nitrogens is 5. The topological polar surface area (TPSA) is 145 Å². The van der Waals surface area contributed by atoms with E-state index in [1.54, 1.807) is 25.1 Å². The van der Waals surface area contributed by atoms with Crippen LogP contribution in [0.2, 0.25) is 0 Å². The molecule has 1 aliphatic rings. The molecule has 0 unspecified atom stereocenters. The van der Waals surface area contributed by atoms with Gasteiger partial charge in [-0.1, -0.05) is 0 Å². The monoisotopic (exact) mass is 571 g/mol. The van der Waals surface area contributed by atoms with Gasteiger partial charge in [0.25, 0.3) is 0 Å². The summed E-state index contributed by atoms with van der Waals surface area (Å²) in [7, 11) is 1.49. The standard InChI is InChI=1S/C28H22FN7O4S/c1-14-31-11-16(12-32-14)34-28(37)40-22-5-3-4-21(22)39-23-9-24-19(8-18(23)29)36-27(41-24)17-6-15(10-30)7-20-26(17)33-13-25(35-20)38-2/h6-9,11-13,21-22H,3-5H2,1-2H3,(H,34,37)/t21-,22+/m1/s1. The lowest BCUT2D eigenvalue weighted by Gasteiger charge is -2.22. The van der Waals surface area contributed by atoms with E-state index in [2.05, 4.69) is 36.3 Å². The molecule has 0 radical (unpaired) electrons. The summed E-state index contributed by atoms with van der Waals surface area (Å²) in [4.78, 5) is 34.0. The number of ether oxygens (including phenoxy) is 3. The van der Waals surface area contributed by atoms with Crippen molar-refractivity contribution in [2.75, 3.05) is 12.4 Å². The first-order valence-electron chi connectivity index (χ1n) is 12.7. The fourth-order valence-electron chi connectivity index (χ4n) is 4.64.